The number of benzene rings is 2. The van der Waals surface area contributed by atoms with E-state index in [0.717, 1.165) is 19.2 Å². The topological polar surface area (TPSA) is 51.2 Å². The van der Waals surface area contributed by atoms with E-state index >= 15 is 0 Å². The van der Waals surface area contributed by atoms with E-state index in [1.165, 1.54) is 17.4 Å². The summed E-state index contributed by atoms with van der Waals surface area (Å²) in [7, 11) is 1.57. The fraction of sp³-hybridized carbons (Fsp3) is 0.0588. The van der Waals surface area contributed by atoms with Crippen molar-refractivity contribution in [2.45, 2.75) is 0 Å². The Morgan fingerprint density at radius 1 is 1.31 bits per heavy atom. The second-order valence-corrected chi connectivity index (χ2v) is 8.65. The number of carbonyl (C=O) groups excluding carboxylic acids is 1. The van der Waals surface area contributed by atoms with Crippen LogP contribution in [0.5, 0.6) is 5.75 Å². The molecule has 0 spiro atoms. The van der Waals surface area contributed by atoms with Gasteiger partial charge in [0.05, 0.1) is 26.3 Å². The number of thiazole rings is 1. The minimum atomic E-state index is -0.315. The summed E-state index contributed by atoms with van der Waals surface area (Å²) in [6, 6.07) is 7.24. The standard InChI is InChI=1S/C17H10Br2Cl2N2O2S/c1-25-16-8(6-9(18)7-10(16)19)2-5-13(24)22-17-23-15-12(26-17)4-3-11(20)14(15)21/h2-7H,1H3,(H,22,23,24)/b5-2+. The van der Waals surface area contributed by atoms with Gasteiger partial charge in [0.2, 0.25) is 5.91 Å². The maximum absolute atomic E-state index is 12.2. The lowest BCUT2D eigenvalue weighted by atomic mass is 10.2. The lowest BCUT2D eigenvalue weighted by molar-refractivity contribution is -0.111. The molecule has 1 amide bonds. The number of ether oxygens (including phenoxy) is 1. The molecule has 1 aromatic heterocycles. The largest absolute Gasteiger partial charge is 0.495 e. The fourth-order valence-corrected chi connectivity index (χ4v) is 4.94. The van der Waals surface area contributed by atoms with Crippen LogP contribution in [0.3, 0.4) is 0 Å². The first kappa shape index (κ1) is 19.6. The third-order valence-corrected chi connectivity index (χ3v) is 6.11. The molecule has 26 heavy (non-hydrogen) atoms. The van der Waals surface area contributed by atoms with Gasteiger partial charge < -0.3 is 4.74 Å². The molecule has 0 atom stereocenters. The van der Waals surface area contributed by atoms with Crippen LogP contribution in [-0.4, -0.2) is 18.0 Å². The van der Waals surface area contributed by atoms with E-state index < -0.39 is 0 Å². The average molecular weight is 537 g/mol. The van der Waals surface area contributed by atoms with Crippen molar-refractivity contribution in [3.63, 3.8) is 0 Å². The van der Waals surface area contributed by atoms with Gasteiger partial charge in [-0.1, -0.05) is 50.5 Å². The molecule has 3 rings (SSSR count). The van der Waals surface area contributed by atoms with Gasteiger partial charge in [0.25, 0.3) is 0 Å². The van der Waals surface area contributed by atoms with E-state index in [0.29, 0.717) is 26.4 Å². The number of hydrogen-bond acceptors (Lipinski definition) is 4. The molecule has 0 unspecified atom stereocenters. The summed E-state index contributed by atoms with van der Waals surface area (Å²) < 4.78 is 7.85. The van der Waals surface area contributed by atoms with Crippen LogP contribution in [0, 0.1) is 0 Å². The number of hydrogen-bond donors (Lipinski definition) is 1. The number of nitrogens with zero attached hydrogens (tertiary/aromatic N) is 1. The molecule has 1 N–H and O–H groups in total. The summed E-state index contributed by atoms with van der Waals surface area (Å²) in [5.74, 6) is 0.322. The van der Waals surface area contributed by atoms with Gasteiger partial charge in [0, 0.05) is 16.1 Å². The van der Waals surface area contributed by atoms with Crippen LogP contribution < -0.4 is 10.1 Å². The SMILES string of the molecule is COc1c(Br)cc(Br)cc1/C=C/C(=O)Nc1nc2c(Cl)c(Cl)ccc2s1. The van der Waals surface area contributed by atoms with E-state index in [9.17, 15) is 4.79 Å². The zero-order valence-corrected chi connectivity index (χ0v) is 18.6. The summed E-state index contributed by atoms with van der Waals surface area (Å²) in [5, 5.41) is 3.98. The number of rotatable bonds is 4. The third-order valence-electron chi connectivity index (χ3n) is 3.34. The van der Waals surface area contributed by atoms with Crippen LogP contribution in [-0.2, 0) is 4.79 Å². The Bertz CT molecular complexity index is 1040. The molecule has 2 aromatic carbocycles. The Labute approximate surface area is 180 Å². The summed E-state index contributed by atoms with van der Waals surface area (Å²) in [5.41, 5.74) is 1.32. The second-order valence-electron chi connectivity index (χ2n) is 5.06. The fourth-order valence-electron chi connectivity index (χ4n) is 2.22. The first-order chi connectivity index (χ1) is 12.4. The zero-order chi connectivity index (χ0) is 18.8. The number of anilines is 1. The minimum Gasteiger partial charge on any atom is -0.495 e. The molecule has 4 nitrogen and oxygen atoms in total. The van der Waals surface area contributed by atoms with Gasteiger partial charge in [0.15, 0.2) is 5.13 Å². The van der Waals surface area contributed by atoms with Gasteiger partial charge >= 0.3 is 0 Å². The number of methoxy groups -OCH3 is 1. The predicted octanol–water partition coefficient (Wildman–Crippen LogP) is 6.79. The van der Waals surface area contributed by atoms with Gasteiger partial charge in [-0.05, 0) is 46.3 Å². The van der Waals surface area contributed by atoms with Gasteiger partial charge in [0.1, 0.15) is 11.3 Å². The molecule has 3 aromatic rings. The van der Waals surface area contributed by atoms with Crippen LogP contribution in [0.25, 0.3) is 16.3 Å². The second kappa shape index (κ2) is 8.27. The van der Waals surface area contributed by atoms with Crippen molar-refractivity contribution in [3.8, 4) is 5.75 Å². The molecule has 0 radical (unpaired) electrons. The molecule has 1 heterocycles. The lowest BCUT2D eigenvalue weighted by Gasteiger charge is -2.08. The van der Waals surface area contributed by atoms with Crippen LogP contribution >= 0.6 is 66.4 Å². The number of nitrogens with one attached hydrogen (secondary N) is 1. The van der Waals surface area contributed by atoms with Crippen molar-refractivity contribution < 1.29 is 9.53 Å². The highest BCUT2D eigenvalue weighted by molar-refractivity contribution is 9.11. The van der Waals surface area contributed by atoms with E-state index in [1.807, 2.05) is 18.2 Å². The highest BCUT2D eigenvalue weighted by Crippen LogP contribution is 2.36. The van der Waals surface area contributed by atoms with E-state index in [2.05, 4.69) is 42.2 Å². The Balaban J connectivity index is 1.81. The Kier molecular flexibility index (Phi) is 6.25. The molecular formula is C17H10Br2Cl2N2O2S. The maximum atomic E-state index is 12.2. The smallest absolute Gasteiger partial charge is 0.250 e. The summed E-state index contributed by atoms with van der Waals surface area (Å²) in [6.07, 6.45) is 3.08. The normalized spacial score (nSPS) is 11.3. The van der Waals surface area contributed by atoms with Crippen molar-refractivity contribution in [3.05, 3.63) is 54.9 Å². The number of fused-ring (bicyclic) bond motifs is 1. The lowest BCUT2D eigenvalue weighted by Crippen LogP contribution is -2.07. The van der Waals surface area contributed by atoms with Crippen molar-refractivity contribution >= 4 is 93.7 Å². The van der Waals surface area contributed by atoms with Gasteiger partial charge in [-0.25, -0.2) is 4.98 Å². The number of carbonyl (C=O) groups is 1. The van der Waals surface area contributed by atoms with Gasteiger partial charge in [-0.3, -0.25) is 10.1 Å². The Hall–Kier alpha value is -1.12. The highest BCUT2D eigenvalue weighted by atomic mass is 79.9. The van der Waals surface area contributed by atoms with E-state index in [4.69, 9.17) is 27.9 Å². The third kappa shape index (κ3) is 4.23. The molecule has 0 aliphatic heterocycles. The number of amides is 1. The summed E-state index contributed by atoms with van der Waals surface area (Å²) >= 11 is 20.3. The summed E-state index contributed by atoms with van der Waals surface area (Å²) in [4.78, 5) is 16.6. The monoisotopic (exact) mass is 534 g/mol. The van der Waals surface area contributed by atoms with Crippen LogP contribution in [0.4, 0.5) is 5.13 Å². The van der Waals surface area contributed by atoms with Crippen molar-refractivity contribution in [1.29, 1.82) is 0 Å². The molecule has 0 bridgehead atoms. The van der Waals surface area contributed by atoms with Gasteiger partial charge in [-0.15, -0.1) is 0 Å². The molecule has 0 saturated carbocycles. The quantitative estimate of drug-likeness (QED) is 0.374. The zero-order valence-electron chi connectivity index (χ0n) is 13.1. The van der Waals surface area contributed by atoms with Crippen LogP contribution in [0.15, 0.2) is 39.3 Å². The highest BCUT2D eigenvalue weighted by Gasteiger charge is 2.12. The number of halogens is 4. The molecule has 134 valence electrons. The maximum Gasteiger partial charge on any atom is 0.250 e. The molecule has 0 fully saturated rings. The van der Waals surface area contributed by atoms with E-state index in [1.54, 1.807) is 19.3 Å². The van der Waals surface area contributed by atoms with Crippen molar-refractivity contribution in [2.75, 3.05) is 12.4 Å². The molecule has 9 heteroatoms. The average Bonchev–Trinajstić information content (AvgIpc) is 2.99. The Morgan fingerprint density at radius 3 is 2.81 bits per heavy atom. The molecule has 0 aliphatic rings. The summed E-state index contributed by atoms with van der Waals surface area (Å²) in [6.45, 7) is 0. The van der Waals surface area contributed by atoms with Crippen molar-refractivity contribution in [1.82, 2.24) is 4.98 Å². The van der Waals surface area contributed by atoms with Crippen molar-refractivity contribution in [2.24, 2.45) is 0 Å². The minimum absolute atomic E-state index is 0.315. The molecule has 0 aliphatic carbocycles. The number of aromatic nitrogens is 1. The predicted molar refractivity (Wildman–Crippen MR) is 116 cm³/mol. The van der Waals surface area contributed by atoms with Gasteiger partial charge in [-0.2, -0.15) is 0 Å². The Morgan fingerprint density at radius 2 is 2.08 bits per heavy atom. The van der Waals surface area contributed by atoms with Crippen LogP contribution in [0.2, 0.25) is 10.0 Å². The first-order valence-corrected chi connectivity index (χ1v) is 10.3. The molecule has 0 saturated heterocycles. The van der Waals surface area contributed by atoms with Crippen LogP contribution in [0.1, 0.15) is 5.56 Å². The molecular weight excluding hydrogens is 527 g/mol. The first-order valence-electron chi connectivity index (χ1n) is 7.15. The van der Waals surface area contributed by atoms with E-state index in [-0.39, 0.29) is 5.91 Å².